The van der Waals surface area contributed by atoms with Crippen LogP contribution in [-0.4, -0.2) is 16.9 Å². The van der Waals surface area contributed by atoms with Crippen LogP contribution in [0.25, 0.3) is 0 Å². The molecule has 0 aromatic heterocycles. The van der Waals surface area contributed by atoms with Gasteiger partial charge >= 0.3 is 5.97 Å². The zero-order chi connectivity index (χ0) is 23.3. The average molecular weight is 770 g/mol. The Morgan fingerprint density at radius 3 is 1.74 bits per heavy atom. The van der Waals surface area contributed by atoms with Crippen molar-refractivity contribution in [2.45, 2.75) is 27.2 Å². The lowest BCUT2D eigenvalue weighted by atomic mass is 9.98. The summed E-state index contributed by atoms with van der Waals surface area (Å²) in [5, 5.41) is 8.79. The molecule has 1 N–H and O–H groups in total. The SMILES string of the molecule is CCc1ccc(C(=O)c2cc(I)cc(Br)c2C)cc1.Cc1c(Br)cc(I)cc1C(=O)O. The Balaban J connectivity index is 0.000000245. The van der Waals surface area contributed by atoms with Crippen molar-refractivity contribution in [3.63, 3.8) is 0 Å². The Bertz CT molecular complexity index is 1130. The van der Waals surface area contributed by atoms with Gasteiger partial charge in [0.15, 0.2) is 5.78 Å². The maximum absolute atomic E-state index is 12.5. The molecule has 0 fully saturated rings. The first-order chi connectivity index (χ1) is 14.5. The second-order valence-electron chi connectivity index (χ2n) is 6.81. The van der Waals surface area contributed by atoms with E-state index in [0.717, 1.165) is 44.8 Å². The molecule has 162 valence electrons. The molecule has 0 aliphatic rings. The molecule has 0 spiro atoms. The van der Waals surface area contributed by atoms with E-state index in [9.17, 15) is 9.59 Å². The summed E-state index contributed by atoms with van der Waals surface area (Å²) in [6.45, 7) is 5.86. The summed E-state index contributed by atoms with van der Waals surface area (Å²) < 4.78 is 3.80. The number of halogens is 4. The number of hydrogen-bond acceptors (Lipinski definition) is 2. The van der Waals surface area contributed by atoms with E-state index in [2.05, 4.69) is 84.0 Å². The standard InChI is InChI=1S/C16H14BrIO.C8H6BrIO2/c1-3-11-4-6-12(7-5-11)16(19)14-8-13(18)9-15(17)10(14)2;1-4-6(8(11)12)2-5(10)3-7(4)9/h4-9H,3H2,1-2H3;2-3H,1H3,(H,11,12). The molecule has 31 heavy (non-hydrogen) atoms. The van der Waals surface area contributed by atoms with E-state index in [4.69, 9.17) is 5.11 Å². The van der Waals surface area contributed by atoms with Crippen LogP contribution in [-0.2, 0) is 6.42 Å². The Morgan fingerprint density at radius 1 is 0.839 bits per heavy atom. The third kappa shape index (κ3) is 7.10. The second-order valence-corrected chi connectivity index (χ2v) is 11.0. The molecular formula is C24H20Br2I2O3. The first-order valence-corrected chi connectivity index (χ1v) is 13.1. The molecule has 0 saturated carbocycles. The van der Waals surface area contributed by atoms with Gasteiger partial charge in [0.25, 0.3) is 0 Å². The number of benzene rings is 3. The van der Waals surface area contributed by atoms with Crippen molar-refractivity contribution in [2.24, 2.45) is 0 Å². The monoisotopic (exact) mass is 768 g/mol. The smallest absolute Gasteiger partial charge is 0.336 e. The highest BCUT2D eigenvalue weighted by atomic mass is 127. The summed E-state index contributed by atoms with van der Waals surface area (Å²) in [5.41, 5.74) is 4.87. The molecule has 0 aliphatic heterocycles. The van der Waals surface area contributed by atoms with E-state index >= 15 is 0 Å². The normalized spacial score (nSPS) is 10.3. The Kier molecular flexibility index (Phi) is 10.2. The molecule has 0 saturated heterocycles. The minimum atomic E-state index is -0.883. The lowest BCUT2D eigenvalue weighted by Gasteiger charge is -2.08. The Labute approximate surface area is 226 Å². The zero-order valence-electron chi connectivity index (χ0n) is 17.1. The minimum Gasteiger partial charge on any atom is -0.478 e. The second kappa shape index (κ2) is 11.9. The van der Waals surface area contributed by atoms with Gasteiger partial charge in [-0.3, -0.25) is 4.79 Å². The van der Waals surface area contributed by atoms with Crippen LogP contribution >= 0.6 is 77.0 Å². The van der Waals surface area contributed by atoms with E-state index < -0.39 is 5.97 Å². The summed E-state index contributed by atoms with van der Waals surface area (Å²) in [7, 11) is 0. The number of carbonyl (C=O) groups excluding carboxylic acids is 1. The molecule has 0 radical (unpaired) electrons. The van der Waals surface area contributed by atoms with Crippen LogP contribution in [0.5, 0.6) is 0 Å². The molecule has 0 atom stereocenters. The summed E-state index contributed by atoms with van der Waals surface area (Å²) >= 11 is 11.1. The topological polar surface area (TPSA) is 54.4 Å². The molecule has 3 aromatic rings. The van der Waals surface area contributed by atoms with Gasteiger partial charge in [0, 0.05) is 27.2 Å². The summed E-state index contributed by atoms with van der Waals surface area (Å²) in [5.74, 6) is -0.800. The van der Waals surface area contributed by atoms with Crippen LogP contribution in [0.2, 0.25) is 0 Å². The third-order valence-corrected chi connectivity index (χ3v) is 7.61. The first-order valence-electron chi connectivity index (χ1n) is 9.33. The lowest BCUT2D eigenvalue weighted by Crippen LogP contribution is -2.05. The maximum Gasteiger partial charge on any atom is 0.336 e. The highest BCUT2D eigenvalue weighted by molar-refractivity contribution is 14.1. The van der Waals surface area contributed by atoms with Crippen molar-refractivity contribution in [3.8, 4) is 0 Å². The molecule has 7 heteroatoms. The lowest BCUT2D eigenvalue weighted by molar-refractivity contribution is 0.0695. The van der Waals surface area contributed by atoms with Crippen molar-refractivity contribution in [3.05, 3.63) is 98.0 Å². The van der Waals surface area contributed by atoms with Gasteiger partial charge in [-0.15, -0.1) is 0 Å². The minimum absolute atomic E-state index is 0.0827. The van der Waals surface area contributed by atoms with E-state index in [0.29, 0.717) is 5.56 Å². The number of aromatic carboxylic acids is 1. The van der Waals surface area contributed by atoms with Crippen molar-refractivity contribution < 1.29 is 14.7 Å². The molecule has 0 unspecified atom stereocenters. The van der Waals surface area contributed by atoms with Gasteiger partial charge < -0.3 is 5.11 Å². The summed E-state index contributed by atoms with van der Waals surface area (Å²) in [6, 6.07) is 15.4. The van der Waals surface area contributed by atoms with Gasteiger partial charge in [0.2, 0.25) is 0 Å². The highest BCUT2D eigenvalue weighted by Gasteiger charge is 2.14. The highest BCUT2D eigenvalue weighted by Crippen LogP contribution is 2.26. The molecular weight excluding hydrogens is 750 g/mol. The number of hydrogen-bond donors (Lipinski definition) is 1. The van der Waals surface area contributed by atoms with E-state index in [1.54, 1.807) is 13.0 Å². The molecule has 0 bridgehead atoms. The fraction of sp³-hybridized carbons (Fsp3) is 0.167. The molecule has 0 heterocycles. The largest absolute Gasteiger partial charge is 0.478 e. The van der Waals surface area contributed by atoms with Crippen LogP contribution in [0.3, 0.4) is 0 Å². The van der Waals surface area contributed by atoms with Gasteiger partial charge in [-0.05, 0) is 106 Å². The maximum atomic E-state index is 12.5. The van der Waals surface area contributed by atoms with Crippen molar-refractivity contribution >= 4 is 88.8 Å². The number of carboxylic acid groups (broad SMARTS) is 1. The van der Waals surface area contributed by atoms with E-state index in [-0.39, 0.29) is 5.78 Å². The number of carbonyl (C=O) groups is 2. The van der Waals surface area contributed by atoms with Crippen molar-refractivity contribution in [1.29, 1.82) is 0 Å². The zero-order valence-corrected chi connectivity index (χ0v) is 24.6. The Hall–Kier alpha value is -0.780. The quantitative estimate of drug-likeness (QED) is 0.215. The number of carboxylic acids is 1. The molecule has 3 aromatic carbocycles. The molecule has 3 nitrogen and oxygen atoms in total. The fourth-order valence-corrected chi connectivity index (χ4v) is 5.82. The average Bonchev–Trinajstić information content (AvgIpc) is 2.73. The van der Waals surface area contributed by atoms with Crippen LogP contribution in [0.1, 0.15) is 49.9 Å². The van der Waals surface area contributed by atoms with Gasteiger partial charge in [0.1, 0.15) is 0 Å². The predicted octanol–water partition coefficient (Wildman–Crippen LogP) is 8.22. The van der Waals surface area contributed by atoms with Crippen molar-refractivity contribution in [1.82, 2.24) is 0 Å². The van der Waals surface area contributed by atoms with Gasteiger partial charge in [-0.1, -0.05) is 63.0 Å². The molecule has 3 rings (SSSR count). The Morgan fingerprint density at radius 2 is 1.29 bits per heavy atom. The molecule has 0 amide bonds. The summed E-state index contributed by atoms with van der Waals surface area (Å²) in [4.78, 5) is 23.2. The van der Waals surface area contributed by atoms with E-state index in [1.165, 1.54) is 5.56 Å². The van der Waals surface area contributed by atoms with Crippen LogP contribution in [0, 0.1) is 21.0 Å². The number of rotatable bonds is 4. The van der Waals surface area contributed by atoms with Crippen LogP contribution in [0.15, 0.2) is 57.5 Å². The number of aryl methyl sites for hydroxylation is 1. The van der Waals surface area contributed by atoms with Crippen molar-refractivity contribution in [2.75, 3.05) is 0 Å². The van der Waals surface area contributed by atoms with E-state index in [1.807, 2.05) is 49.4 Å². The van der Waals surface area contributed by atoms with Crippen LogP contribution < -0.4 is 0 Å². The predicted molar refractivity (Wildman–Crippen MR) is 149 cm³/mol. The molecule has 0 aliphatic carbocycles. The van der Waals surface area contributed by atoms with Gasteiger partial charge in [-0.25, -0.2) is 4.79 Å². The van der Waals surface area contributed by atoms with Gasteiger partial charge in [0.05, 0.1) is 5.56 Å². The first kappa shape index (κ1) is 26.5. The fourth-order valence-electron chi connectivity index (χ4n) is 2.80. The van der Waals surface area contributed by atoms with Gasteiger partial charge in [-0.2, -0.15) is 0 Å². The summed E-state index contributed by atoms with van der Waals surface area (Å²) in [6.07, 6.45) is 0.988. The van der Waals surface area contributed by atoms with Crippen LogP contribution in [0.4, 0.5) is 0 Å². The third-order valence-electron chi connectivity index (χ3n) is 4.72. The number of ketones is 1.